The van der Waals surface area contributed by atoms with Crippen molar-refractivity contribution in [1.29, 1.82) is 0 Å². The molecule has 1 aliphatic heterocycles. The molecule has 1 N–H and O–H groups in total. The molecule has 1 aromatic carbocycles. The highest BCUT2D eigenvalue weighted by atomic mass is 16.5. The second-order valence-electron chi connectivity index (χ2n) is 6.59. The number of methoxy groups -OCH3 is 1. The number of aliphatic carboxylic acids is 1. The van der Waals surface area contributed by atoms with E-state index < -0.39 is 11.4 Å². The predicted octanol–water partition coefficient (Wildman–Crippen LogP) is 0.773. The van der Waals surface area contributed by atoms with E-state index in [4.69, 9.17) is 4.74 Å². The Morgan fingerprint density at radius 3 is 2.32 bits per heavy atom. The molecule has 2 amide bonds. The van der Waals surface area contributed by atoms with Crippen molar-refractivity contribution < 1.29 is 24.2 Å². The lowest BCUT2D eigenvalue weighted by Gasteiger charge is -2.36. The first-order valence-electron chi connectivity index (χ1n) is 8.40. The Labute approximate surface area is 146 Å². The van der Waals surface area contributed by atoms with Crippen molar-refractivity contribution in [1.82, 2.24) is 9.80 Å². The monoisotopic (exact) mass is 346 g/mol. The summed E-state index contributed by atoms with van der Waals surface area (Å²) in [4.78, 5) is 39.4. The molecule has 0 spiro atoms. The molecule has 0 atom stereocenters. The van der Waals surface area contributed by atoms with E-state index in [1.807, 2.05) is 24.3 Å². The Kier molecular flexibility index (Phi) is 4.65. The zero-order valence-corrected chi connectivity index (χ0v) is 14.2. The number of nitrogens with zero attached hydrogens (tertiary/aromatic N) is 2. The number of carbonyl (C=O) groups is 3. The molecule has 0 bridgehead atoms. The van der Waals surface area contributed by atoms with Crippen molar-refractivity contribution >= 4 is 17.8 Å². The normalized spacial score (nSPS) is 18.6. The third-order valence-corrected chi connectivity index (χ3v) is 4.98. The highest BCUT2D eigenvalue weighted by Crippen LogP contribution is 2.47. The lowest BCUT2D eigenvalue weighted by atomic mass is 10.1. The molecule has 3 rings (SSSR count). The summed E-state index contributed by atoms with van der Waals surface area (Å²) in [7, 11) is 1.58. The molecule has 2 fully saturated rings. The summed E-state index contributed by atoms with van der Waals surface area (Å²) in [5, 5.41) is 9.23. The largest absolute Gasteiger partial charge is 0.497 e. The number of rotatable bonds is 5. The minimum absolute atomic E-state index is 0.000258. The van der Waals surface area contributed by atoms with E-state index in [1.54, 1.807) is 16.9 Å². The number of benzene rings is 1. The molecule has 1 saturated heterocycles. The molecule has 0 aromatic heterocycles. The number of carbonyl (C=O) groups excluding carboxylic acids is 2. The average Bonchev–Trinajstić information content (AvgIpc) is 3.43. The van der Waals surface area contributed by atoms with Gasteiger partial charge in [0.15, 0.2) is 0 Å². The van der Waals surface area contributed by atoms with Gasteiger partial charge in [0.25, 0.3) is 0 Å². The zero-order chi connectivity index (χ0) is 18.0. The Hall–Kier alpha value is -2.57. The van der Waals surface area contributed by atoms with Gasteiger partial charge < -0.3 is 19.6 Å². The molecule has 1 aliphatic carbocycles. The smallest absolute Gasteiger partial charge is 0.319 e. The third kappa shape index (κ3) is 3.45. The quantitative estimate of drug-likeness (QED) is 0.796. The first-order chi connectivity index (χ1) is 12.0. The van der Waals surface area contributed by atoms with Crippen molar-refractivity contribution in [2.75, 3.05) is 33.3 Å². The van der Waals surface area contributed by atoms with Gasteiger partial charge in [-0.1, -0.05) is 12.1 Å². The molecule has 25 heavy (non-hydrogen) atoms. The van der Waals surface area contributed by atoms with Crippen molar-refractivity contribution in [2.45, 2.75) is 19.3 Å². The van der Waals surface area contributed by atoms with Crippen LogP contribution in [0.25, 0.3) is 0 Å². The third-order valence-electron chi connectivity index (χ3n) is 4.98. The van der Waals surface area contributed by atoms with Gasteiger partial charge in [-0.25, -0.2) is 0 Å². The van der Waals surface area contributed by atoms with Crippen LogP contribution >= 0.6 is 0 Å². The number of hydrogen-bond donors (Lipinski definition) is 1. The summed E-state index contributed by atoms with van der Waals surface area (Å²) in [6.07, 6.45) is 1.11. The lowest BCUT2D eigenvalue weighted by molar-refractivity contribution is -0.155. The van der Waals surface area contributed by atoms with Crippen LogP contribution in [0, 0.1) is 5.41 Å². The fourth-order valence-corrected chi connectivity index (χ4v) is 3.17. The van der Waals surface area contributed by atoms with Crippen LogP contribution < -0.4 is 4.74 Å². The van der Waals surface area contributed by atoms with Gasteiger partial charge in [0, 0.05) is 26.2 Å². The van der Waals surface area contributed by atoms with Crippen LogP contribution in [0.4, 0.5) is 0 Å². The van der Waals surface area contributed by atoms with E-state index in [-0.39, 0.29) is 18.2 Å². The molecule has 0 radical (unpaired) electrons. The van der Waals surface area contributed by atoms with Gasteiger partial charge in [-0.2, -0.15) is 0 Å². The second-order valence-corrected chi connectivity index (χ2v) is 6.59. The fraction of sp³-hybridized carbons (Fsp3) is 0.500. The Bertz CT molecular complexity index is 690. The standard InChI is InChI=1S/C18H22N2O5/c1-25-14-4-2-3-13(11-14)12-15(21)19-7-9-20(10-8-19)16(22)18(5-6-18)17(23)24/h2-4,11H,5-10,12H2,1H3,(H,23,24). The highest BCUT2D eigenvalue weighted by Gasteiger charge is 2.58. The molecule has 7 nitrogen and oxygen atoms in total. The molecular formula is C18H22N2O5. The number of piperazine rings is 1. The van der Waals surface area contributed by atoms with Crippen LogP contribution in [0.2, 0.25) is 0 Å². The van der Waals surface area contributed by atoms with Gasteiger partial charge >= 0.3 is 5.97 Å². The van der Waals surface area contributed by atoms with Crippen molar-refractivity contribution in [3.05, 3.63) is 29.8 Å². The maximum Gasteiger partial charge on any atom is 0.319 e. The van der Waals surface area contributed by atoms with Crippen molar-refractivity contribution in [2.24, 2.45) is 5.41 Å². The van der Waals surface area contributed by atoms with E-state index in [1.165, 1.54) is 0 Å². The Morgan fingerprint density at radius 2 is 1.76 bits per heavy atom. The molecule has 7 heteroatoms. The van der Waals surface area contributed by atoms with Crippen LogP contribution in [-0.2, 0) is 20.8 Å². The van der Waals surface area contributed by atoms with Gasteiger partial charge in [0.1, 0.15) is 11.2 Å². The van der Waals surface area contributed by atoms with Crippen LogP contribution in [0.1, 0.15) is 18.4 Å². The van der Waals surface area contributed by atoms with E-state index in [9.17, 15) is 19.5 Å². The first-order valence-corrected chi connectivity index (χ1v) is 8.40. The molecule has 134 valence electrons. The summed E-state index contributed by atoms with van der Waals surface area (Å²) in [6, 6.07) is 7.39. The fourth-order valence-electron chi connectivity index (χ4n) is 3.17. The Morgan fingerprint density at radius 1 is 1.12 bits per heavy atom. The van der Waals surface area contributed by atoms with Gasteiger partial charge in [-0.3, -0.25) is 14.4 Å². The predicted molar refractivity (Wildman–Crippen MR) is 89.2 cm³/mol. The molecular weight excluding hydrogens is 324 g/mol. The number of amides is 2. The summed E-state index contributed by atoms with van der Waals surface area (Å²) < 4.78 is 5.16. The molecule has 0 unspecified atom stereocenters. The summed E-state index contributed by atoms with van der Waals surface area (Å²) in [5.74, 6) is -0.627. The van der Waals surface area contributed by atoms with Gasteiger partial charge in [0.05, 0.1) is 13.5 Å². The van der Waals surface area contributed by atoms with E-state index in [0.717, 1.165) is 5.56 Å². The number of carboxylic acid groups (broad SMARTS) is 1. The number of carboxylic acids is 1. The number of hydrogen-bond acceptors (Lipinski definition) is 4. The van der Waals surface area contributed by atoms with Gasteiger partial charge in [-0.15, -0.1) is 0 Å². The van der Waals surface area contributed by atoms with Gasteiger partial charge in [-0.05, 0) is 30.5 Å². The summed E-state index contributed by atoms with van der Waals surface area (Å²) in [6.45, 7) is 1.64. The summed E-state index contributed by atoms with van der Waals surface area (Å²) in [5.41, 5.74) is -0.321. The zero-order valence-electron chi connectivity index (χ0n) is 14.2. The molecule has 2 aliphatic rings. The minimum Gasteiger partial charge on any atom is -0.497 e. The van der Waals surface area contributed by atoms with Gasteiger partial charge in [0.2, 0.25) is 11.8 Å². The Balaban J connectivity index is 1.54. The van der Waals surface area contributed by atoms with Crippen molar-refractivity contribution in [3.63, 3.8) is 0 Å². The minimum atomic E-state index is -1.20. The molecule has 1 saturated carbocycles. The SMILES string of the molecule is COc1cccc(CC(=O)N2CCN(C(=O)C3(C(=O)O)CC3)CC2)c1. The molecule has 1 aromatic rings. The average molecular weight is 346 g/mol. The lowest BCUT2D eigenvalue weighted by Crippen LogP contribution is -2.53. The van der Waals surface area contributed by atoms with Crippen LogP contribution in [-0.4, -0.2) is 66.0 Å². The number of ether oxygens (including phenoxy) is 1. The van der Waals surface area contributed by atoms with Crippen LogP contribution in [0.5, 0.6) is 5.75 Å². The molecule has 1 heterocycles. The van der Waals surface area contributed by atoms with Crippen LogP contribution in [0.15, 0.2) is 24.3 Å². The maximum atomic E-state index is 12.4. The second kappa shape index (κ2) is 6.74. The first kappa shape index (κ1) is 17.3. The van der Waals surface area contributed by atoms with Crippen molar-refractivity contribution in [3.8, 4) is 5.75 Å². The van der Waals surface area contributed by atoms with Crippen LogP contribution in [0.3, 0.4) is 0 Å². The van der Waals surface area contributed by atoms with E-state index in [2.05, 4.69) is 0 Å². The van der Waals surface area contributed by atoms with E-state index in [0.29, 0.717) is 44.8 Å². The maximum absolute atomic E-state index is 12.4. The highest BCUT2D eigenvalue weighted by molar-refractivity contribution is 6.04. The topological polar surface area (TPSA) is 87.2 Å². The van der Waals surface area contributed by atoms with E-state index >= 15 is 0 Å². The summed E-state index contributed by atoms with van der Waals surface area (Å²) >= 11 is 0.